The van der Waals surface area contributed by atoms with Gasteiger partial charge < -0.3 is 4.57 Å². The van der Waals surface area contributed by atoms with E-state index in [2.05, 4.69) is 109 Å². The molecule has 0 amide bonds. The predicted molar refractivity (Wildman–Crippen MR) is 113 cm³/mol. The summed E-state index contributed by atoms with van der Waals surface area (Å²) in [5.74, 6) is 0. The maximum Gasteiger partial charge on any atom is 0.0574 e. The Morgan fingerprint density at radius 2 is 1.54 bits per heavy atom. The summed E-state index contributed by atoms with van der Waals surface area (Å²) in [4.78, 5) is 0. The van der Waals surface area contributed by atoms with Gasteiger partial charge in [0.15, 0.2) is 0 Å². The highest BCUT2D eigenvalue weighted by Gasteiger charge is 2.14. The van der Waals surface area contributed by atoms with E-state index >= 15 is 0 Å². The molecule has 0 saturated heterocycles. The number of fused-ring (bicyclic) bond motifs is 3. The molecule has 0 unspecified atom stereocenters. The van der Waals surface area contributed by atoms with E-state index in [1.54, 1.807) is 0 Å². The number of hydrogen-bond acceptors (Lipinski definition) is 0. The molecule has 0 fully saturated rings. The summed E-state index contributed by atoms with van der Waals surface area (Å²) >= 11 is 0. The second-order valence-electron chi connectivity index (χ2n) is 6.53. The molecule has 0 saturated carbocycles. The van der Waals surface area contributed by atoms with Crippen LogP contribution in [0.1, 0.15) is 13.8 Å². The number of benzene rings is 3. The van der Waals surface area contributed by atoms with Gasteiger partial charge in [0.2, 0.25) is 0 Å². The van der Waals surface area contributed by atoms with Gasteiger partial charge in [-0.2, -0.15) is 0 Å². The molecule has 0 radical (unpaired) electrons. The second-order valence-corrected chi connectivity index (χ2v) is 6.53. The number of para-hydroxylation sites is 2. The molecule has 26 heavy (non-hydrogen) atoms. The molecular formula is C25H23N. The van der Waals surface area contributed by atoms with Crippen LogP contribution in [0, 0.1) is 0 Å². The molecule has 0 aliphatic carbocycles. The van der Waals surface area contributed by atoms with Gasteiger partial charge >= 0.3 is 0 Å². The van der Waals surface area contributed by atoms with Crippen molar-refractivity contribution in [2.45, 2.75) is 20.4 Å². The standard InChI is InChI=1S/C25H23N/c1-3-11-19(4-2)18-26-24-17-9-8-14-22(24)23-16-10-15-21(25(23)26)20-12-6-5-7-13-20/h3-17H,18H2,1-2H3/b11-3-,19-4+. The van der Waals surface area contributed by atoms with Gasteiger partial charge in [0.25, 0.3) is 0 Å². The molecule has 0 spiro atoms. The van der Waals surface area contributed by atoms with Crippen LogP contribution in [-0.4, -0.2) is 4.57 Å². The van der Waals surface area contributed by atoms with Crippen molar-refractivity contribution in [1.82, 2.24) is 4.57 Å². The highest BCUT2D eigenvalue weighted by atomic mass is 15.0. The van der Waals surface area contributed by atoms with Crippen LogP contribution in [0.15, 0.2) is 96.6 Å². The van der Waals surface area contributed by atoms with Gasteiger partial charge in [0.1, 0.15) is 0 Å². The van der Waals surface area contributed by atoms with Gasteiger partial charge in [-0.15, -0.1) is 0 Å². The van der Waals surface area contributed by atoms with Crippen LogP contribution >= 0.6 is 0 Å². The van der Waals surface area contributed by atoms with E-state index in [9.17, 15) is 0 Å². The van der Waals surface area contributed by atoms with Gasteiger partial charge in [-0.25, -0.2) is 0 Å². The molecule has 1 heterocycles. The third-order valence-electron chi connectivity index (χ3n) is 4.97. The van der Waals surface area contributed by atoms with Crippen molar-refractivity contribution in [3.63, 3.8) is 0 Å². The van der Waals surface area contributed by atoms with Crippen LogP contribution in [0.4, 0.5) is 0 Å². The summed E-state index contributed by atoms with van der Waals surface area (Å²) in [7, 11) is 0. The summed E-state index contributed by atoms with van der Waals surface area (Å²) in [6.07, 6.45) is 6.51. The lowest BCUT2D eigenvalue weighted by molar-refractivity contribution is 0.866. The van der Waals surface area contributed by atoms with Crippen LogP contribution < -0.4 is 0 Å². The number of hydrogen-bond donors (Lipinski definition) is 0. The Morgan fingerprint density at radius 3 is 2.31 bits per heavy atom. The van der Waals surface area contributed by atoms with Crippen molar-refractivity contribution >= 4 is 21.8 Å². The third kappa shape index (κ3) is 2.76. The number of aromatic nitrogens is 1. The SMILES string of the molecule is C/C=C\C(=C/C)Cn1c2ccccc2c2cccc(-c3ccccc3)c21. The molecule has 4 rings (SSSR count). The minimum absolute atomic E-state index is 0.870. The smallest absolute Gasteiger partial charge is 0.0574 e. The molecule has 3 aromatic carbocycles. The third-order valence-corrected chi connectivity index (χ3v) is 4.97. The van der Waals surface area contributed by atoms with E-state index in [0.717, 1.165) is 6.54 Å². The van der Waals surface area contributed by atoms with E-state index in [0.29, 0.717) is 0 Å². The maximum atomic E-state index is 2.46. The average Bonchev–Trinajstić information content (AvgIpc) is 3.02. The fraction of sp³-hybridized carbons (Fsp3) is 0.120. The molecular weight excluding hydrogens is 314 g/mol. The number of nitrogens with zero attached hydrogens (tertiary/aromatic N) is 1. The Kier molecular flexibility index (Phi) is 4.45. The summed E-state index contributed by atoms with van der Waals surface area (Å²) in [6, 6.07) is 26.0. The Morgan fingerprint density at radius 1 is 0.808 bits per heavy atom. The van der Waals surface area contributed by atoms with Crippen LogP contribution in [0.3, 0.4) is 0 Å². The molecule has 0 aliphatic rings. The fourth-order valence-electron chi connectivity index (χ4n) is 3.76. The van der Waals surface area contributed by atoms with E-state index in [1.165, 1.54) is 38.5 Å². The van der Waals surface area contributed by atoms with E-state index in [4.69, 9.17) is 0 Å². The minimum Gasteiger partial charge on any atom is -0.335 e. The summed E-state index contributed by atoms with van der Waals surface area (Å²) < 4.78 is 2.46. The zero-order valence-electron chi connectivity index (χ0n) is 15.3. The monoisotopic (exact) mass is 337 g/mol. The maximum absolute atomic E-state index is 2.46. The Bertz CT molecular complexity index is 1110. The Hall–Kier alpha value is -3.06. The molecule has 0 bridgehead atoms. The van der Waals surface area contributed by atoms with Crippen molar-refractivity contribution < 1.29 is 0 Å². The van der Waals surface area contributed by atoms with Crippen LogP contribution in [0.2, 0.25) is 0 Å². The Balaban J connectivity index is 2.07. The first kappa shape index (κ1) is 16.4. The lowest BCUT2D eigenvalue weighted by Gasteiger charge is -2.12. The zero-order chi connectivity index (χ0) is 17.9. The first-order chi connectivity index (χ1) is 12.8. The van der Waals surface area contributed by atoms with Crippen LogP contribution in [0.25, 0.3) is 32.9 Å². The fourth-order valence-corrected chi connectivity index (χ4v) is 3.76. The molecule has 0 atom stereocenters. The molecule has 128 valence electrons. The highest BCUT2D eigenvalue weighted by Crippen LogP contribution is 2.36. The van der Waals surface area contributed by atoms with Gasteiger partial charge in [-0.3, -0.25) is 0 Å². The normalized spacial score (nSPS) is 12.5. The van der Waals surface area contributed by atoms with Crippen molar-refractivity contribution in [2.24, 2.45) is 0 Å². The van der Waals surface area contributed by atoms with Crippen molar-refractivity contribution in [1.29, 1.82) is 0 Å². The lowest BCUT2D eigenvalue weighted by atomic mass is 10.0. The van der Waals surface area contributed by atoms with Gasteiger partial charge in [0.05, 0.1) is 5.52 Å². The molecule has 4 aromatic rings. The number of rotatable bonds is 4. The van der Waals surface area contributed by atoms with Gasteiger partial charge in [-0.1, -0.05) is 85.0 Å². The second kappa shape index (κ2) is 7.05. The van der Waals surface area contributed by atoms with Gasteiger partial charge in [-0.05, 0) is 31.1 Å². The predicted octanol–water partition coefficient (Wildman–Crippen LogP) is 6.98. The highest BCUT2D eigenvalue weighted by molar-refractivity contribution is 6.12. The van der Waals surface area contributed by atoms with Crippen LogP contribution in [-0.2, 0) is 6.54 Å². The molecule has 1 nitrogen and oxygen atoms in total. The Labute approximate surface area is 154 Å². The van der Waals surface area contributed by atoms with Crippen molar-refractivity contribution in [3.8, 4) is 11.1 Å². The topological polar surface area (TPSA) is 4.93 Å². The van der Waals surface area contributed by atoms with E-state index < -0.39 is 0 Å². The van der Waals surface area contributed by atoms with E-state index in [1.807, 2.05) is 0 Å². The van der Waals surface area contributed by atoms with Crippen molar-refractivity contribution in [2.75, 3.05) is 0 Å². The largest absolute Gasteiger partial charge is 0.335 e. The van der Waals surface area contributed by atoms with Gasteiger partial charge in [0, 0.05) is 28.4 Å². The quantitative estimate of drug-likeness (QED) is 0.354. The van der Waals surface area contributed by atoms with Crippen molar-refractivity contribution in [3.05, 3.63) is 96.6 Å². The van der Waals surface area contributed by atoms with E-state index in [-0.39, 0.29) is 0 Å². The first-order valence-electron chi connectivity index (χ1n) is 9.16. The molecule has 1 aromatic heterocycles. The summed E-state index contributed by atoms with van der Waals surface area (Å²) in [5.41, 5.74) is 6.46. The minimum atomic E-state index is 0.870. The average molecular weight is 337 g/mol. The molecule has 0 aliphatic heterocycles. The first-order valence-corrected chi connectivity index (χ1v) is 9.16. The zero-order valence-corrected chi connectivity index (χ0v) is 15.3. The number of allylic oxidation sites excluding steroid dienone is 4. The summed E-state index contributed by atoms with van der Waals surface area (Å²) in [5, 5.41) is 2.63. The summed E-state index contributed by atoms with van der Waals surface area (Å²) in [6.45, 7) is 5.06. The lowest BCUT2D eigenvalue weighted by Crippen LogP contribution is -2.00. The molecule has 0 N–H and O–H groups in total. The molecule has 1 heteroatoms. The van der Waals surface area contributed by atoms with Crippen LogP contribution in [0.5, 0.6) is 0 Å².